The predicted octanol–water partition coefficient (Wildman–Crippen LogP) is -0.0610. The second-order valence-corrected chi connectivity index (χ2v) is 5.70. The van der Waals surface area contributed by atoms with Gasteiger partial charge in [-0.15, -0.1) is 0 Å². The van der Waals surface area contributed by atoms with Crippen molar-refractivity contribution in [1.29, 1.82) is 0 Å². The molecule has 0 bridgehead atoms. The molecule has 0 aromatic carbocycles. The van der Waals surface area contributed by atoms with Gasteiger partial charge in [-0.25, -0.2) is 4.98 Å². The number of rotatable bonds is 5. The summed E-state index contributed by atoms with van der Waals surface area (Å²) in [5, 5.41) is 2.98. The molecule has 0 saturated heterocycles. The maximum Gasteiger partial charge on any atom is 0.248 e. The van der Waals surface area contributed by atoms with E-state index in [0.29, 0.717) is 19.0 Å². The number of nitrogens with one attached hydrogen (secondary N) is 1. The lowest BCUT2D eigenvalue weighted by Gasteiger charge is -2.33. The molecule has 2 amide bonds. The number of imidazole rings is 1. The highest BCUT2D eigenvalue weighted by molar-refractivity contribution is 5.83. The minimum absolute atomic E-state index is 0.0323. The van der Waals surface area contributed by atoms with E-state index in [2.05, 4.69) is 10.3 Å². The molecule has 7 nitrogen and oxygen atoms in total. The highest BCUT2D eigenvalue weighted by Crippen LogP contribution is 2.28. The van der Waals surface area contributed by atoms with Crippen molar-refractivity contribution in [2.75, 3.05) is 26.8 Å². The van der Waals surface area contributed by atoms with Crippen molar-refractivity contribution < 1.29 is 14.3 Å². The average molecular weight is 292 g/mol. The van der Waals surface area contributed by atoms with E-state index in [9.17, 15) is 9.59 Å². The third kappa shape index (κ3) is 3.07. The summed E-state index contributed by atoms with van der Waals surface area (Å²) in [7, 11) is 1.49. The van der Waals surface area contributed by atoms with Crippen LogP contribution in [0.4, 0.5) is 0 Å². The number of carbonyl (C=O) groups is 2. The second-order valence-electron chi connectivity index (χ2n) is 5.70. The number of aromatic nitrogens is 2. The molecule has 1 fully saturated rings. The predicted molar refractivity (Wildman–Crippen MR) is 74.3 cm³/mol. The van der Waals surface area contributed by atoms with Crippen LogP contribution in [0.15, 0.2) is 12.5 Å². The fourth-order valence-electron chi connectivity index (χ4n) is 2.59. The molecule has 114 valence electrons. The maximum absolute atomic E-state index is 12.4. The van der Waals surface area contributed by atoms with Crippen LogP contribution in [-0.4, -0.2) is 53.1 Å². The number of nitrogens with zero attached hydrogens (tertiary/aromatic N) is 3. The number of hydrogen-bond donors (Lipinski definition) is 1. The minimum Gasteiger partial charge on any atom is -0.375 e. The summed E-state index contributed by atoms with van der Waals surface area (Å²) in [5.74, 6) is 0.479. The minimum atomic E-state index is -0.407. The molecule has 7 heteroatoms. The average Bonchev–Trinajstić information content (AvgIpc) is 3.19. The Bertz CT molecular complexity index is 538. The number of amides is 2. The van der Waals surface area contributed by atoms with Crippen LogP contribution in [-0.2, 0) is 20.9 Å². The molecule has 0 spiro atoms. The van der Waals surface area contributed by atoms with Crippen LogP contribution in [0.5, 0.6) is 0 Å². The Morgan fingerprint density at radius 3 is 3.00 bits per heavy atom. The fraction of sp³-hybridized carbons (Fsp3) is 0.643. The molecule has 1 saturated carbocycles. The van der Waals surface area contributed by atoms with Gasteiger partial charge in [0.05, 0.1) is 25.1 Å². The molecule has 2 heterocycles. The van der Waals surface area contributed by atoms with Gasteiger partial charge >= 0.3 is 0 Å². The highest BCUT2D eigenvalue weighted by Gasteiger charge is 2.33. The first-order chi connectivity index (χ1) is 10.2. The van der Waals surface area contributed by atoms with Crippen LogP contribution in [0.2, 0.25) is 0 Å². The number of fused-ring (bicyclic) bond motifs is 1. The zero-order valence-corrected chi connectivity index (χ0v) is 12.1. The molecule has 1 aliphatic carbocycles. The first-order valence-electron chi connectivity index (χ1n) is 7.24. The van der Waals surface area contributed by atoms with Gasteiger partial charge in [-0.2, -0.15) is 0 Å². The number of hydrogen-bond acceptors (Lipinski definition) is 4. The van der Waals surface area contributed by atoms with E-state index < -0.39 is 6.04 Å². The molecule has 1 unspecified atom stereocenters. The first kappa shape index (κ1) is 14.1. The highest BCUT2D eigenvalue weighted by atomic mass is 16.5. The topological polar surface area (TPSA) is 76.5 Å². The summed E-state index contributed by atoms with van der Waals surface area (Å²) in [6, 6.07) is -0.407. The monoisotopic (exact) mass is 292 g/mol. The molecular weight excluding hydrogens is 272 g/mol. The van der Waals surface area contributed by atoms with Gasteiger partial charge in [-0.3, -0.25) is 9.59 Å². The summed E-state index contributed by atoms with van der Waals surface area (Å²) in [4.78, 5) is 30.2. The third-order valence-corrected chi connectivity index (χ3v) is 4.01. The Morgan fingerprint density at radius 1 is 1.48 bits per heavy atom. The van der Waals surface area contributed by atoms with Crippen molar-refractivity contribution >= 4 is 11.8 Å². The Kier molecular flexibility index (Phi) is 3.92. The lowest BCUT2D eigenvalue weighted by Crippen LogP contribution is -2.47. The SMILES string of the molecule is COCC(=O)N1Cc2cncn2C(C(=O)NCC2CC2)C1. The van der Waals surface area contributed by atoms with E-state index in [0.717, 1.165) is 12.2 Å². The van der Waals surface area contributed by atoms with E-state index in [1.807, 2.05) is 4.57 Å². The molecule has 1 aromatic rings. The summed E-state index contributed by atoms with van der Waals surface area (Å²) in [5.41, 5.74) is 0.872. The molecule has 0 radical (unpaired) electrons. The zero-order valence-electron chi connectivity index (χ0n) is 12.1. The van der Waals surface area contributed by atoms with E-state index in [-0.39, 0.29) is 18.4 Å². The number of methoxy groups -OCH3 is 1. The largest absolute Gasteiger partial charge is 0.375 e. The van der Waals surface area contributed by atoms with Crippen LogP contribution in [0.1, 0.15) is 24.6 Å². The molecule has 3 rings (SSSR count). The van der Waals surface area contributed by atoms with Crippen LogP contribution in [0.3, 0.4) is 0 Å². The number of ether oxygens (including phenoxy) is 1. The van der Waals surface area contributed by atoms with Gasteiger partial charge in [0.2, 0.25) is 11.8 Å². The quantitative estimate of drug-likeness (QED) is 0.825. The Hall–Kier alpha value is -1.89. The van der Waals surface area contributed by atoms with Gasteiger partial charge in [0.15, 0.2) is 0 Å². The molecule has 1 N–H and O–H groups in total. The normalized spacial score (nSPS) is 21.0. The van der Waals surface area contributed by atoms with Gasteiger partial charge in [0, 0.05) is 19.9 Å². The molecule has 1 aliphatic heterocycles. The Labute approximate surface area is 123 Å². The van der Waals surface area contributed by atoms with Gasteiger partial charge in [-0.1, -0.05) is 0 Å². The van der Waals surface area contributed by atoms with Crippen LogP contribution >= 0.6 is 0 Å². The van der Waals surface area contributed by atoms with Crippen molar-refractivity contribution in [3.8, 4) is 0 Å². The maximum atomic E-state index is 12.4. The second kappa shape index (κ2) is 5.85. The van der Waals surface area contributed by atoms with E-state index in [4.69, 9.17) is 4.74 Å². The fourth-order valence-corrected chi connectivity index (χ4v) is 2.59. The standard InChI is InChI=1S/C14H20N4O3/c1-21-8-13(19)17-6-11-5-15-9-18(11)12(7-17)14(20)16-4-10-2-3-10/h5,9-10,12H,2-4,6-8H2,1H3,(H,16,20). The lowest BCUT2D eigenvalue weighted by molar-refractivity contribution is -0.138. The van der Waals surface area contributed by atoms with Crippen molar-refractivity contribution in [3.05, 3.63) is 18.2 Å². The Balaban J connectivity index is 1.71. The summed E-state index contributed by atoms with van der Waals surface area (Å²) < 4.78 is 6.75. The van der Waals surface area contributed by atoms with E-state index in [1.54, 1.807) is 17.4 Å². The van der Waals surface area contributed by atoms with Gasteiger partial charge in [0.1, 0.15) is 12.6 Å². The summed E-state index contributed by atoms with van der Waals surface area (Å²) in [6.07, 6.45) is 5.75. The van der Waals surface area contributed by atoms with Crippen molar-refractivity contribution in [1.82, 2.24) is 19.8 Å². The van der Waals surface area contributed by atoms with Crippen molar-refractivity contribution in [2.24, 2.45) is 5.92 Å². The van der Waals surface area contributed by atoms with Crippen molar-refractivity contribution in [2.45, 2.75) is 25.4 Å². The molecule has 21 heavy (non-hydrogen) atoms. The molecule has 1 atom stereocenters. The Morgan fingerprint density at radius 2 is 2.29 bits per heavy atom. The van der Waals surface area contributed by atoms with E-state index >= 15 is 0 Å². The van der Waals surface area contributed by atoms with Gasteiger partial charge in [0.25, 0.3) is 0 Å². The smallest absolute Gasteiger partial charge is 0.248 e. The van der Waals surface area contributed by atoms with E-state index in [1.165, 1.54) is 20.0 Å². The zero-order chi connectivity index (χ0) is 14.8. The van der Waals surface area contributed by atoms with Crippen LogP contribution in [0, 0.1) is 5.92 Å². The van der Waals surface area contributed by atoms with Gasteiger partial charge in [-0.05, 0) is 18.8 Å². The molecular formula is C14H20N4O3. The molecule has 2 aliphatic rings. The van der Waals surface area contributed by atoms with Crippen molar-refractivity contribution in [3.63, 3.8) is 0 Å². The van der Waals surface area contributed by atoms with Crippen LogP contribution < -0.4 is 5.32 Å². The third-order valence-electron chi connectivity index (χ3n) is 4.01. The summed E-state index contributed by atoms with van der Waals surface area (Å²) in [6.45, 7) is 1.59. The first-order valence-corrected chi connectivity index (χ1v) is 7.24. The van der Waals surface area contributed by atoms with Gasteiger partial charge < -0.3 is 19.5 Å². The van der Waals surface area contributed by atoms with Crippen LogP contribution in [0.25, 0.3) is 0 Å². The lowest BCUT2D eigenvalue weighted by atomic mass is 10.1. The number of carbonyl (C=O) groups excluding carboxylic acids is 2. The molecule has 1 aromatic heterocycles. The summed E-state index contributed by atoms with van der Waals surface area (Å²) >= 11 is 0.